The van der Waals surface area contributed by atoms with Crippen LogP contribution in [-0.4, -0.2) is 10.9 Å². The maximum absolute atomic E-state index is 11.1. The van der Waals surface area contributed by atoms with Gasteiger partial charge in [-0.1, -0.05) is 36.4 Å². The van der Waals surface area contributed by atoms with E-state index in [-0.39, 0.29) is 5.76 Å². The monoisotopic (exact) mass is 241 g/mol. The third-order valence-electron chi connectivity index (χ3n) is 2.67. The Morgan fingerprint density at radius 2 is 1.78 bits per heavy atom. The van der Waals surface area contributed by atoms with Crippen LogP contribution in [0.1, 0.15) is 12.5 Å². The summed E-state index contributed by atoms with van der Waals surface area (Å²) in [5.41, 5.74) is -0.0521. The topological polar surface area (TPSA) is 66.7 Å². The molecule has 18 heavy (non-hydrogen) atoms. The number of benzene rings is 2. The van der Waals surface area contributed by atoms with Crippen molar-refractivity contribution >= 4 is 22.3 Å². The summed E-state index contributed by atoms with van der Waals surface area (Å²) in [6, 6.07) is 12.8. The Hall–Kier alpha value is -2.49. The Labute approximate surface area is 104 Å². The number of fused-ring (bicyclic) bond motifs is 1. The van der Waals surface area contributed by atoms with Gasteiger partial charge in [0.1, 0.15) is 0 Å². The Morgan fingerprint density at radius 3 is 2.39 bits per heavy atom. The molecule has 4 heteroatoms. The molecule has 0 amide bonds. The zero-order valence-corrected chi connectivity index (χ0v) is 9.75. The lowest BCUT2D eigenvalue weighted by Gasteiger charge is -2.04. The van der Waals surface area contributed by atoms with Crippen LogP contribution in [0, 0.1) is 4.91 Å². The van der Waals surface area contributed by atoms with Crippen LogP contribution in [-0.2, 0) is 4.79 Å². The van der Waals surface area contributed by atoms with Crippen LogP contribution in [0.3, 0.4) is 0 Å². The molecule has 0 bridgehead atoms. The number of carbonyl (C=O) groups is 1. The largest absolute Gasteiger partial charge is 0.505 e. The summed E-state index contributed by atoms with van der Waals surface area (Å²) in [7, 11) is 0. The highest BCUT2D eigenvalue weighted by Crippen LogP contribution is 2.22. The molecule has 0 heterocycles. The zero-order valence-electron chi connectivity index (χ0n) is 9.75. The standard InChI is InChI=1S/C14H11NO3/c1-9(16)13(15-18)14(17)12-7-6-10-4-2-3-5-11(10)8-12/h2-8,17H,1H3/b14-13+. The molecular formula is C14H11NO3. The van der Waals surface area contributed by atoms with E-state index in [2.05, 4.69) is 5.18 Å². The van der Waals surface area contributed by atoms with Crippen molar-refractivity contribution in [3.63, 3.8) is 0 Å². The number of allylic oxidation sites excluding steroid dienone is 1. The minimum atomic E-state index is -0.560. The summed E-state index contributed by atoms with van der Waals surface area (Å²) in [5.74, 6) is -0.945. The van der Waals surface area contributed by atoms with Crippen molar-refractivity contribution in [2.45, 2.75) is 6.92 Å². The van der Waals surface area contributed by atoms with E-state index in [9.17, 15) is 14.8 Å². The van der Waals surface area contributed by atoms with Gasteiger partial charge in [-0.25, -0.2) is 0 Å². The number of carbonyl (C=O) groups excluding carboxylic acids is 1. The van der Waals surface area contributed by atoms with Crippen molar-refractivity contribution in [2.75, 3.05) is 0 Å². The van der Waals surface area contributed by atoms with E-state index in [1.165, 1.54) is 6.92 Å². The predicted octanol–water partition coefficient (Wildman–Crippen LogP) is 3.42. The minimum absolute atomic E-state index is 0.386. The number of rotatable bonds is 3. The normalized spacial score (nSPS) is 12.1. The highest BCUT2D eigenvalue weighted by molar-refractivity contribution is 6.00. The number of aliphatic hydroxyl groups is 1. The third kappa shape index (κ3) is 2.13. The van der Waals surface area contributed by atoms with Gasteiger partial charge < -0.3 is 5.11 Å². The molecule has 0 radical (unpaired) electrons. The highest BCUT2D eigenvalue weighted by Gasteiger charge is 2.13. The van der Waals surface area contributed by atoms with Gasteiger partial charge in [0.25, 0.3) is 0 Å². The molecule has 2 rings (SSSR count). The molecule has 0 spiro atoms. The molecule has 0 aliphatic rings. The van der Waals surface area contributed by atoms with Gasteiger partial charge in [0, 0.05) is 12.5 Å². The Morgan fingerprint density at radius 1 is 1.11 bits per heavy atom. The number of nitroso groups, excluding NO2 is 1. The molecule has 4 nitrogen and oxygen atoms in total. The summed E-state index contributed by atoms with van der Waals surface area (Å²) in [6.45, 7) is 1.19. The van der Waals surface area contributed by atoms with Gasteiger partial charge in [0.15, 0.2) is 17.2 Å². The predicted molar refractivity (Wildman–Crippen MR) is 70.0 cm³/mol. The number of hydrogen-bond donors (Lipinski definition) is 1. The molecule has 0 saturated heterocycles. The first-order valence-electron chi connectivity index (χ1n) is 5.40. The Balaban J connectivity index is 2.61. The molecule has 90 valence electrons. The lowest BCUT2D eigenvalue weighted by Crippen LogP contribution is -1.98. The molecule has 1 N–H and O–H groups in total. The van der Waals surface area contributed by atoms with Crippen molar-refractivity contribution in [3.05, 3.63) is 58.6 Å². The first-order valence-corrected chi connectivity index (χ1v) is 5.40. The number of Topliss-reactive ketones (excluding diaryl/α,β-unsaturated/α-hetero) is 1. The second kappa shape index (κ2) is 4.79. The van der Waals surface area contributed by atoms with E-state index in [1.54, 1.807) is 12.1 Å². The number of aliphatic hydroxyl groups excluding tert-OH is 1. The second-order valence-corrected chi connectivity index (χ2v) is 3.91. The summed E-state index contributed by atoms with van der Waals surface area (Å²) >= 11 is 0. The fourth-order valence-corrected chi connectivity index (χ4v) is 1.75. The SMILES string of the molecule is CC(=O)/C(N=O)=C(\O)c1ccc2ccccc2c1. The molecule has 0 aliphatic heterocycles. The Bertz CT molecular complexity index is 659. The maximum Gasteiger partial charge on any atom is 0.192 e. The van der Waals surface area contributed by atoms with Crippen LogP contribution < -0.4 is 0 Å². The molecule has 0 aliphatic carbocycles. The quantitative estimate of drug-likeness (QED) is 0.508. The van der Waals surface area contributed by atoms with Gasteiger partial charge >= 0.3 is 0 Å². The first-order chi connectivity index (χ1) is 8.63. The second-order valence-electron chi connectivity index (χ2n) is 3.91. The molecule has 0 atom stereocenters. The summed E-state index contributed by atoms with van der Waals surface area (Å²) in [4.78, 5) is 21.7. The summed E-state index contributed by atoms with van der Waals surface area (Å²) in [6.07, 6.45) is 0. The van der Waals surface area contributed by atoms with Crippen LogP contribution in [0.15, 0.2) is 53.3 Å². The van der Waals surface area contributed by atoms with Crippen LogP contribution in [0.25, 0.3) is 16.5 Å². The van der Waals surface area contributed by atoms with Crippen molar-refractivity contribution in [2.24, 2.45) is 5.18 Å². The van der Waals surface area contributed by atoms with Crippen molar-refractivity contribution in [1.82, 2.24) is 0 Å². The molecule has 0 aromatic heterocycles. The van der Waals surface area contributed by atoms with Crippen molar-refractivity contribution in [1.29, 1.82) is 0 Å². The first kappa shape index (κ1) is 12.0. The van der Waals surface area contributed by atoms with E-state index in [0.717, 1.165) is 10.8 Å². The van der Waals surface area contributed by atoms with E-state index in [4.69, 9.17) is 0 Å². The molecule has 2 aromatic carbocycles. The fraction of sp³-hybridized carbons (Fsp3) is 0.0714. The van der Waals surface area contributed by atoms with Gasteiger partial charge in [-0.05, 0) is 22.0 Å². The molecule has 0 unspecified atom stereocenters. The van der Waals surface area contributed by atoms with Gasteiger partial charge in [-0.2, -0.15) is 0 Å². The molecule has 0 saturated carbocycles. The molecular weight excluding hydrogens is 230 g/mol. The van der Waals surface area contributed by atoms with Gasteiger partial charge in [0.05, 0.1) is 0 Å². The molecule has 0 fully saturated rings. The number of nitrogens with zero attached hydrogens (tertiary/aromatic N) is 1. The smallest absolute Gasteiger partial charge is 0.192 e. The van der Waals surface area contributed by atoms with Gasteiger partial charge in [-0.15, -0.1) is 4.91 Å². The van der Waals surface area contributed by atoms with Crippen molar-refractivity contribution in [3.8, 4) is 0 Å². The zero-order chi connectivity index (χ0) is 13.1. The minimum Gasteiger partial charge on any atom is -0.505 e. The molecule has 2 aromatic rings. The van der Waals surface area contributed by atoms with E-state index >= 15 is 0 Å². The van der Waals surface area contributed by atoms with E-state index in [0.29, 0.717) is 5.56 Å². The Kier molecular flexibility index (Phi) is 3.19. The lowest BCUT2D eigenvalue weighted by molar-refractivity contribution is -0.113. The van der Waals surface area contributed by atoms with Gasteiger partial charge in [0.2, 0.25) is 0 Å². The van der Waals surface area contributed by atoms with Gasteiger partial charge in [-0.3, -0.25) is 4.79 Å². The van der Waals surface area contributed by atoms with Crippen LogP contribution in [0.4, 0.5) is 0 Å². The van der Waals surface area contributed by atoms with Crippen LogP contribution in [0.5, 0.6) is 0 Å². The summed E-state index contributed by atoms with van der Waals surface area (Å²) < 4.78 is 0. The van der Waals surface area contributed by atoms with E-state index < -0.39 is 11.5 Å². The average Bonchev–Trinajstić information content (AvgIpc) is 2.38. The summed E-state index contributed by atoms with van der Waals surface area (Å²) in [5, 5.41) is 14.4. The highest BCUT2D eigenvalue weighted by atomic mass is 16.3. The third-order valence-corrected chi connectivity index (χ3v) is 2.67. The van der Waals surface area contributed by atoms with Crippen LogP contribution in [0.2, 0.25) is 0 Å². The number of ketones is 1. The number of hydrogen-bond acceptors (Lipinski definition) is 4. The average molecular weight is 241 g/mol. The van der Waals surface area contributed by atoms with Crippen LogP contribution >= 0.6 is 0 Å². The lowest BCUT2D eigenvalue weighted by atomic mass is 10.0. The van der Waals surface area contributed by atoms with E-state index in [1.807, 2.05) is 30.3 Å². The maximum atomic E-state index is 11.1. The fourth-order valence-electron chi connectivity index (χ4n) is 1.75. The van der Waals surface area contributed by atoms with Crippen molar-refractivity contribution < 1.29 is 9.90 Å².